The Morgan fingerprint density at radius 1 is 1.26 bits per heavy atom. The van der Waals surface area contributed by atoms with Crippen LogP contribution in [0.5, 0.6) is 5.75 Å². The predicted molar refractivity (Wildman–Crippen MR) is 69.4 cm³/mol. The zero-order valence-electron chi connectivity index (χ0n) is 10.6. The number of benzene rings is 1. The lowest BCUT2D eigenvalue weighted by atomic mass is 10.3. The summed E-state index contributed by atoms with van der Waals surface area (Å²) in [6, 6.07) is 9.61. The van der Waals surface area contributed by atoms with Gasteiger partial charge in [0.2, 0.25) is 0 Å². The molecule has 19 heavy (non-hydrogen) atoms. The van der Waals surface area contributed by atoms with Crippen molar-refractivity contribution >= 4 is 9.84 Å². The third kappa shape index (κ3) is 2.64. The SMILES string of the molecule is COc1ccc(S(=O)(=O)[C@@H](C[NH3+])c2ccco2)cc1. The fourth-order valence-electron chi connectivity index (χ4n) is 1.85. The molecule has 3 N–H and O–H groups in total. The van der Waals surface area contributed by atoms with Gasteiger partial charge in [-0.3, -0.25) is 0 Å². The summed E-state index contributed by atoms with van der Waals surface area (Å²) >= 11 is 0. The molecule has 0 saturated carbocycles. The van der Waals surface area contributed by atoms with E-state index in [0.717, 1.165) is 0 Å². The van der Waals surface area contributed by atoms with E-state index in [-0.39, 0.29) is 11.4 Å². The normalized spacial score (nSPS) is 13.2. The number of rotatable bonds is 5. The molecule has 0 fully saturated rings. The molecule has 6 heteroatoms. The van der Waals surface area contributed by atoms with Crippen LogP contribution in [0.15, 0.2) is 52.0 Å². The second-order valence-corrected chi connectivity index (χ2v) is 6.14. The van der Waals surface area contributed by atoms with Crippen molar-refractivity contribution in [2.24, 2.45) is 0 Å². The van der Waals surface area contributed by atoms with Crippen LogP contribution in [-0.4, -0.2) is 22.1 Å². The van der Waals surface area contributed by atoms with Crippen molar-refractivity contribution in [3.8, 4) is 5.75 Å². The standard InChI is InChI=1S/C13H15NO4S/c1-17-10-4-6-11(7-5-10)19(15,16)13(9-14)12-3-2-8-18-12/h2-8,13H,9,14H2,1H3/p+1/t13-/m0/s1. The van der Waals surface area contributed by atoms with Gasteiger partial charge in [0, 0.05) is 0 Å². The van der Waals surface area contributed by atoms with Crippen LogP contribution in [0.4, 0.5) is 0 Å². The maximum absolute atomic E-state index is 12.5. The van der Waals surface area contributed by atoms with Gasteiger partial charge in [-0.15, -0.1) is 0 Å². The Hall–Kier alpha value is -1.79. The van der Waals surface area contributed by atoms with Crippen LogP contribution in [0.2, 0.25) is 0 Å². The van der Waals surface area contributed by atoms with Gasteiger partial charge in [-0.2, -0.15) is 0 Å². The van der Waals surface area contributed by atoms with Gasteiger partial charge >= 0.3 is 0 Å². The van der Waals surface area contributed by atoms with Crippen LogP contribution in [0, 0.1) is 0 Å². The minimum absolute atomic E-state index is 0.210. The zero-order chi connectivity index (χ0) is 13.9. The van der Waals surface area contributed by atoms with Crippen LogP contribution in [-0.2, 0) is 9.84 Å². The minimum Gasteiger partial charge on any atom is -0.497 e. The smallest absolute Gasteiger partial charge is 0.194 e. The molecule has 102 valence electrons. The molecule has 0 amide bonds. The van der Waals surface area contributed by atoms with E-state index >= 15 is 0 Å². The Bertz CT molecular complexity index is 617. The lowest BCUT2D eigenvalue weighted by molar-refractivity contribution is -0.368. The molecule has 0 saturated heterocycles. The highest BCUT2D eigenvalue weighted by molar-refractivity contribution is 7.91. The molecule has 0 aliphatic carbocycles. The van der Waals surface area contributed by atoms with Crippen LogP contribution in [0.25, 0.3) is 0 Å². The van der Waals surface area contributed by atoms with Gasteiger partial charge in [-0.25, -0.2) is 8.42 Å². The number of ether oxygens (including phenoxy) is 1. The predicted octanol–water partition coefficient (Wildman–Crippen LogP) is 1.05. The molecule has 0 unspecified atom stereocenters. The fraction of sp³-hybridized carbons (Fsp3) is 0.231. The van der Waals surface area contributed by atoms with E-state index in [1.165, 1.54) is 25.5 Å². The molecule has 2 rings (SSSR count). The average molecular weight is 282 g/mol. The number of sulfone groups is 1. The quantitative estimate of drug-likeness (QED) is 0.888. The first-order valence-corrected chi connectivity index (χ1v) is 7.35. The maximum Gasteiger partial charge on any atom is 0.194 e. The number of hydrogen-bond donors (Lipinski definition) is 1. The van der Waals surface area contributed by atoms with E-state index in [1.54, 1.807) is 24.3 Å². The second kappa shape index (κ2) is 5.46. The van der Waals surface area contributed by atoms with Gasteiger partial charge in [-0.05, 0) is 36.4 Å². The number of methoxy groups -OCH3 is 1. The highest BCUT2D eigenvalue weighted by atomic mass is 32.2. The van der Waals surface area contributed by atoms with Gasteiger partial charge in [0.25, 0.3) is 0 Å². The summed E-state index contributed by atoms with van der Waals surface area (Å²) < 4.78 is 35.3. The molecule has 0 radical (unpaired) electrons. The average Bonchev–Trinajstić information content (AvgIpc) is 2.93. The van der Waals surface area contributed by atoms with Crippen LogP contribution < -0.4 is 10.5 Å². The maximum atomic E-state index is 12.5. The van der Waals surface area contributed by atoms with Gasteiger partial charge in [0.1, 0.15) is 11.5 Å². The lowest BCUT2D eigenvalue weighted by Crippen LogP contribution is -2.54. The Morgan fingerprint density at radius 2 is 1.95 bits per heavy atom. The number of furan rings is 1. The molecular weight excluding hydrogens is 266 g/mol. The van der Waals surface area contributed by atoms with Crippen molar-refractivity contribution < 1.29 is 23.3 Å². The van der Waals surface area contributed by atoms with Crippen molar-refractivity contribution in [2.45, 2.75) is 10.1 Å². The molecule has 1 aromatic carbocycles. The van der Waals surface area contributed by atoms with Gasteiger partial charge in [0.15, 0.2) is 15.1 Å². The highest BCUT2D eigenvalue weighted by Gasteiger charge is 2.31. The molecule has 0 bridgehead atoms. The van der Waals surface area contributed by atoms with E-state index < -0.39 is 15.1 Å². The van der Waals surface area contributed by atoms with Gasteiger partial charge in [-0.1, -0.05) is 0 Å². The van der Waals surface area contributed by atoms with E-state index in [2.05, 4.69) is 5.73 Å². The van der Waals surface area contributed by atoms with Crippen molar-refractivity contribution in [1.82, 2.24) is 0 Å². The lowest BCUT2D eigenvalue weighted by Gasteiger charge is -2.12. The van der Waals surface area contributed by atoms with Gasteiger partial charge in [0.05, 0.1) is 24.8 Å². The number of quaternary nitrogens is 1. The van der Waals surface area contributed by atoms with Gasteiger partial charge < -0.3 is 14.9 Å². The molecular formula is C13H16NO4S+. The van der Waals surface area contributed by atoms with E-state index in [0.29, 0.717) is 11.5 Å². The zero-order valence-corrected chi connectivity index (χ0v) is 11.4. The summed E-state index contributed by atoms with van der Waals surface area (Å²) in [6.07, 6.45) is 1.46. The van der Waals surface area contributed by atoms with Crippen LogP contribution in [0.3, 0.4) is 0 Å². The fourth-order valence-corrected chi connectivity index (χ4v) is 3.45. The van der Waals surface area contributed by atoms with E-state index in [1.807, 2.05) is 0 Å². The Morgan fingerprint density at radius 3 is 2.42 bits per heavy atom. The summed E-state index contributed by atoms with van der Waals surface area (Å²) in [6.45, 7) is 0.210. The van der Waals surface area contributed by atoms with Crippen molar-refractivity contribution in [3.63, 3.8) is 0 Å². The topological polar surface area (TPSA) is 84.2 Å². The molecule has 0 aliphatic rings. The summed E-state index contributed by atoms with van der Waals surface area (Å²) in [5, 5.41) is -0.768. The Labute approximate surface area is 111 Å². The van der Waals surface area contributed by atoms with Crippen molar-refractivity contribution in [3.05, 3.63) is 48.4 Å². The summed E-state index contributed by atoms with van der Waals surface area (Å²) in [5.74, 6) is 1.02. The van der Waals surface area contributed by atoms with Crippen molar-refractivity contribution in [2.75, 3.05) is 13.7 Å². The minimum atomic E-state index is -3.51. The van der Waals surface area contributed by atoms with Crippen molar-refractivity contribution in [1.29, 1.82) is 0 Å². The summed E-state index contributed by atoms with van der Waals surface area (Å²) in [4.78, 5) is 0.235. The molecule has 5 nitrogen and oxygen atoms in total. The second-order valence-electron chi connectivity index (χ2n) is 4.01. The van der Waals surface area contributed by atoms with E-state index in [4.69, 9.17) is 9.15 Å². The Balaban J connectivity index is 2.39. The first-order valence-electron chi connectivity index (χ1n) is 5.80. The first-order chi connectivity index (χ1) is 9.09. The molecule has 0 aliphatic heterocycles. The summed E-state index contributed by atoms with van der Waals surface area (Å²) in [7, 11) is -1.98. The monoisotopic (exact) mass is 282 g/mol. The van der Waals surface area contributed by atoms with Crippen LogP contribution in [0.1, 0.15) is 11.0 Å². The number of hydrogen-bond acceptors (Lipinski definition) is 4. The molecule has 0 spiro atoms. The molecule has 1 heterocycles. The Kier molecular flexibility index (Phi) is 3.92. The first kappa shape index (κ1) is 13.6. The molecule has 1 atom stereocenters. The largest absolute Gasteiger partial charge is 0.497 e. The van der Waals surface area contributed by atoms with Crippen LogP contribution >= 0.6 is 0 Å². The highest BCUT2D eigenvalue weighted by Crippen LogP contribution is 2.28. The van der Waals surface area contributed by atoms with E-state index in [9.17, 15) is 8.42 Å². The third-order valence-electron chi connectivity index (χ3n) is 2.89. The molecule has 2 aromatic rings. The summed E-state index contributed by atoms with van der Waals surface area (Å²) in [5.41, 5.74) is 3.70. The molecule has 1 aromatic heterocycles. The third-order valence-corrected chi connectivity index (χ3v) is 5.03.